The van der Waals surface area contributed by atoms with Crippen molar-refractivity contribution in [3.8, 4) is 0 Å². The van der Waals surface area contributed by atoms with Crippen LogP contribution in [0, 0.1) is 0 Å². The number of benzene rings is 2. The molecule has 4 aromatic rings. The van der Waals surface area contributed by atoms with E-state index in [1.54, 1.807) is 11.8 Å². The quantitative estimate of drug-likeness (QED) is 0.459. The molecule has 1 amide bonds. The number of carbonyl (C=O) groups is 1. The smallest absolute Gasteiger partial charge is 0.240 e. The van der Waals surface area contributed by atoms with Crippen LogP contribution in [0.3, 0.4) is 0 Å². The Labute approximate surface area is 172 Å². The number of aromatic amines is 1. The highest BCUT2D eigenvalue weighted by atomic mass is 35.5. The Morgan fingerprint density at radius 2 is 2.14 bits per heavy atom. The standard InChI is InChI=1S/C21H21ClN4OS/c1-28-11-9-18(21-24-16-4-2-3-5-17(16)25-21)23-20(27)13-26-10-8-14-6-7-15(22)12-19(14)26/h2-8,10,12,18H,9,11,13H2,1H3,(H,23,27)(H,24,25). The molecule has 144 valence electrons. The van der Waals surface area contributed by atoms with Crippen molar-refractivity contribution < 1.29 is 4.79 Å². The number of carbonyl (C=O) groups excluding carboxylic acids is 1. The largest absolute Gasteiger partial charge is 0.345 e. The molecule has 7 heteroatoms. The number of rotatable bonds is 7. The van der Waals surface area contributed by atoms with Gasteiger partial charge in [-0.2, -0.15) is 11.8 Å². The van der Waals surface area contributed by atoms with Gasteiger partial charge in [0.15, 0.2) is 0 Å². The second kappa shape index (κ2) is 8.29. The molecule has 2 aromatic heterocycles. The zero-order valence-electron chi connectivity index (χ0n) is 15.5. The predicted molar refractivity (Wildman–Crippen MR) is 117 cm³/mol. The van der Waals surface area contributed by atoms with Gasteiger partial charge in [0.05, 0.1) is 17.1 Å². The van der Waals surface area contributed by atoms with Gasteiger partial charge in [-0.25, -0.2) is 4.98 Å². The van der Waals surface area contributed by atoms with Gasteiger partial charge in [-0.05, 0) is 54.1 Å². The van der Waals surface area contributed by atoms with Crippen LogP contribution in [0.1, 0.15) is 18.3 Å². The Hall–Kier alpha value is -2.44. The lowest BCUT2D eigenvalue weighted by Crippen LogP contribution is -2.32. The number of nitrogens with zero attached hydrogens (tertiary/aromatic N) is 2. The number of hydrogen-bond donors (Lipinski definition) is 2. The summed E-state index contributed by atoms with van der Waals surface area (Å²) in [4.78, 5) is 20.8. The average molecular weight is 413 g/mol. The highest BCUT2D eigenvalue weighted by Crippen LogP contribution is 2.22. The number of hydrogen-bond acceptors (Lipinski definition) is 3. The van der Waals surface area contributed by atoms with Crippen LogP contribution < -0.4 is 5.32 Å². The van der Waals surface area contributed by atoms with Crippen molar-refractivity contribution in [2.75, 3.05) is 12.0 Å². The number of nitrogens with one attached hydrogen (secondary N) is 2. The first-order chi connectivity index (χ1) is 13.6. The number of para-hydroxylation sites is 2. The van der Waals surface area contributed by atoms with Crippen LogP contribution in [0.4, 0.5) is 0 Å². The van der Waals surface area contributed by atoms with Gasteiger partial charge in [0.25, 0.3) is 0 Å². The third kappa shape index (κ3) is 4.03. The molecule has 28 heavy (non-hydrogen) atoms. The van der Waals surface area contributed by atoms with E-state index in [1.807, 2.05) is 59.3 Å². The Balaban J connectivity index is 1.54. The first-order valence-corrected chi connectivity index (χ1v) is 10.9. The van der Waals surface area contributed by atoms with Crippen molar-refractivity contribution >= 4 is 51.2 Å². The molecule has 2 heterocycles. The molecule has 2 N–H and O–H groups in total. The summed E-state index contributed by atoms with van der Waals surface area (Å²) in [5, 5.41) is 4.87. The molecule has 0 fully saturated rings. The van der Waals surface area contributed by atoms with Crippen LogP contribution in [-0.2, 0) is 11.3 Å². The van der Waals surface area contributed by atoms with Crippen LogP contribution in [0.15, 0.2) is 54.7 Å². The van der Waals surface area contributed by atoms with Crippen molar-refractivity contribution in [2.24, 2.45) is 0 Å². The van der Waals surface area contributed by atoms with Crippen LogP contribution in [0.5, 0.6) is 0 Å². The maximum absolute atomic E-state index is 12.8. The Kier molecular flexibility index (Phi) is 5.59. The molecule has 0 saturated carbocycles. The van der Waals surface area contributed by atoms with Gasteiger partial charge in [0.2, 0.25) is 5.91 Å². The normalized spacial score (nSPS) is 12.5. The minimum Gasteiger partial charge on any atom is -0.345 e. The van der Waals surface area contributed by atoms with Gasteiger partial charge in [0, 0.05) is 16.7 Å². The first kappa shape index (κ1) is 18.9. The molecular formula is C21H21ClN4OS. The lowest BCUT2D eigenvalue weighted by molar-refractivity contribution is -0.122. The summed E-state index contributed by atoms with van der Waals surface area (Å²) in [5.74, 6) is 1.68. The van der Waals surface area contributed by atoms with Gasteiger partial charge >= 0.3 is 0 Å². The average Bonchev–Trinajstić information content (AvgIpc) is 3.29. The summed E-state index contributed by atoms with van der Waals surface area (Å²) in [6.07, 6.45) is 4.79. The molecule has 0 saturated heterocycles. The zero-order chi connectivity index (χ0) is 19.5. The Morgan fingerprint density at radius 1 is 1.29 bits per heavy atom. The highest BCUT2D eigenvalue weighted by Gasteiger charge is 2.18. The number of thioether (sulfide) groups is 1. The fraction of sp³-hybridized carbons (Fsp3) is 0.238. The second-order valence-corrected chi connectivity index (χ2v) is 8.11. The summed E-state index contributed by atoms with van der Waals surface area (Å²) in [6, 6.07) is 15.4. The zero-order valence-corrected chi connectivity index (χ0v) is 17.1. The maximum Gasteiger partial charge on any atom is 0.240 e. The van der Waals surface area contributed by atoms with E-state index in [-0.39, 0.29) is 18.5 Å². The van der Waals surface area contributed by atoms with E-state index >= 15 is 0 Å². The first-order valence-electron chi connectivity index (χ1n) is 9.11. The topological polar surface area (TPSA) is 62.7 Å². The maximum atomic E-state index is 12.8. The summed E-state index contributed by atoms with van der Waals surface area (Å²) >= 11 is 7.87. The molecule has 0 bridgehead atoms. The van der Waals surface area contributed by atoms with Crippen molar-refractivity contribution in [1.29, 1.82) is 0 Å². The second-order valence-electron chi connectivity index (χ2n) is 6.69. The summed E-state index contributed by atoms with van der Waals surface area (Å²) in [6.45, 7) is 0.236. The van der Waals surface area contributed by atoms with E-state index in [2.05, 4.69) is 21.5 Å². The van der Waals surface area contributed by atoms with Crippen LogP contribution >= 0.6 is 23.4 Å². The van der Waals surface area contributed by atoms with E-state index in [1.165, 1.54) is 0 Å². The Morgan fingerprint density at radius 3 is 2.96 bits per heavy atom. The van der Waals surface area contributed by atoms with Gasteiger partial charge < -0.3 is 14.9 Å². The van der Waals surface area contributed by atoms with E-state index in [0.29, 0.717) is 5.02 Å². The van der Waals surface area contributed by atoms with E-state index in [4.69, 9.17) is 11.6 Å². The minimum atomic E-state index is -0.155. The lowest BCUT2D eigenvalue weighted by atomic mass is 10.2. The van der Waals surface area contributed by atoms with Crippen LogP contribution in [-0.4, -0.2) is 32.5 Å². The monoisotopic (exact) mass is 412 g/mol. The van der Waals surface area contributed by atoms with Crippen LogP contribution in [0.25, 0.3) is 21.9 Å². The molecule has 5 nitrogen and oxygen atoms in total. The molecule has 1 atom stereocenters. The Bertz CT molecular complexity index is 1090. The van der Waals surface area contributed by atoms with Gasteiger partial charge in [-0.1, -0.05) is 29.8 Å². The number of H-pyrrole nitrogens is 1. The molecule has 0 aliphatic heterocycles. The number of aromatic nitrogens is 3. The highest BCUT2D eigenvalue weighted by molar-refractivity contribution is 7.98. The predicted octanol–water partition coefficient (Wildman–Crippen LogP) is 4.78. The van der Waals surface area contributed by atoms with Gasteiger partial charge in [0.1, 0.15) is 12.4 Å². The SMILES string of the molecule is CSCCC(NC(=O)Cn1ccc2ccc(Cl)cc21)c1nc2ccccc2[nH]1. The van der Waals surface area contributed by atoms with Crippen molar-refractivity contribution in [2.45, 2.75) is 19.0 Å². The molecule has 0 radical (unpaired) electrons. The number of amides is 1. The van der Waals surface area contributed by atoms with Gasteiger partial charge in [-0.15, -0.1) is 0 Å². The van der Waals surface area contributed by atoms with Crippen molar-refractivity contribution in [3.05, 3.63) is 65.6 Å². The van der Waals surface area contributed by atoms with E-state index in [9.17, 15) is 4.79 Å². The number of imidazole rings is 1. The number of halogens is 1. The number of fused-ring (bicyclic) bond motifs is 2. The third-order valence-corrected chi connectivity index (χ3v) is 5.61. The fourth-order valence-corrected chi connectivity index (χ4v) is 3.98. The van der Waals surface area contributed by atoms with E-state index in [0.717, 1.165) is 39.9 Å². The van der Waals surface area contributed by atoms with Gasteiger partial charge in [-0.3, -0.25) is 4.79 Å². The van der Waals surface area contributed by atoms with E-state index < -0.39 is 0 Å². The minimum absolute atomic E-state index is 0.0518. The molecular weight excluding hydrogens is 392 g/mol. The molecule has 0 spiro atoms. The third-order valence-electron chi connectivity index (χ3n) is 4.73. The van der Waals surface area contributed by atoms with Crippen molar-refractivity contribution in [1.82, 2.24) is 19.9 Å². The molecule has 2 aromatic carbocycles. The van der Waals surface area contributed by atoms with Crippen molar-refractivity contribution in [3.63, 3.8) is 0 Å². The molecule has 4 rings (SSSR count). The lowest BCUT2D eigenvalue weighted by Gasteiger charge is -2.17. The van der Waals surface area contributed by atoms with Crippen LogP contribution in [0.2, 0.25) is 5.02 Å². The molecule has 0 aliphatic rings. The fourth-order valence-electron chi connectivity index (χ4n) is 3.34. The molecule has 1 unspecified atom stereocenters. The summed E-state index contributed by atoms with van der Waals surface area (Å²) in [7, 11) is 0. The summed E-state index contributed by atoms with van der Waals surface area (Å²) in [5.41, 5.74) is 2.84. The molecule has 0 aliphatic carbocycles. The summed E-state index contributed by atoms with van der Waals surface area (Å²) < 4.78 is 1.92.